The third-order valence-electron chi connectivity index (χ3n) is 4.08. The first-order valence-corrected chi connectivity index (χ1v) is 11.3. The minimum Gasteiger partial charge on any atom is -0.463 e. The van der Waals surface area contributed by atoms with Crippen LogP contribution in [0.3, 0.4) is 0 Å². The quantitative estimate of drug-likeness (QED) is 0.310. The third kappa shape index (κ3) is 7.24. The molecule has 0 radical (unpaired) electrons. The first-order valence-electron chi connectivity index (χ1n) is 9.74. The maximum atomic E-state index is 12.7. The van der Waals surface area contributed by atoms with Gasteiger partial charge in [-0.15, -0.1) is 0 Å². The van der Waals surface area contributed by atoms with Crippen molar-refractivity contribution in [2.24, 2.45) is 0 Å². The van der Waals surface area contributed by atoms with E-state index in [1.165, 1.54) is 50.2 Å². The average Bonchev–Trinajstić information content (AvgIpc) is 2.76. The summed E-state index contributed by atoms with van der Waals surface area (Å²) in [6.07, 6.45) is -4.04. The molecule has 0 fully saturated rings. The van der Waals surface area contributed by atoms with Crippen molar-refractivity contribution >= 4 is 70.3 Å². The molecule has 0 aliphatic rings. The molecule has 0 aliphatic carbocycles. The summed E-state index contributed by atoms with van der Waals surface area (Å²) in [7, 11) is 0. The van der Waals surface area contributed by atoms with Gasteiger partial charge in [0.05, 0.1) is 34.4 Å². The second-order valence-electron chi connectivity index (χ2n) is 6.40. The number of hydrogen-bond donors (Lipinski definition) is 0. The molecule has 12 heteroatoms. The van der Waals surface area contributed by atoms with E-state index in [2.05, 4.69) is 0 Å². The molecule has 2 atom stereocenters. The Kier molecular flexibility index (Phi) is 10.4. The van der Waals surface area contributed by atoms with Gasteiger partial charge in [0.2, 0.25) is 12.2 Å². The standard InChI is InChI=1S/C22H18Cl4O8/c1-3-31-21(29)17(33-19(27)13-7-5-11(23)9-15(13)25)18(22(30)32-4-2)34-20(28)14-8-6-12(24)10-16(14)26/h5-10,17-18H,3-4H2,1-2H3/t17-,18+. The predicted octanol–water partition coefficient (Wildman–Crippen LogP) is 5.18. The molecule has 2 aromatic rings. The van der Waals surface area contributed by atoms with E-state index in [1.54, 1.807) is 0 Å². The molecular formula is C22H18Cl4O8. The molecule has 0 N–H and O–H groups in total. The SMILES string of the molecule is CCOC(=O)[C@@H](OC(=O)c1ccc(Cl)cc1Cl)[C@@H](OC(=O)c1ccc(Cl)cc1Cl)C(=O)OCC. The molecule has 0 spiro atoms. The van der Waals surface area contributed by atoms with Gasteiger partial charge < -0.3 is 18.9 Å². The van der Waals surface area contributed by atoms with Gasteiger partial charge in [0, 0.05) is 10.0 Å². The molecule has 2 aromatic carbocycles. The van der Waals surface area contributed by atoms with Crippen LogP contribution in [-0.4, -0.2) is 49.3 Å². The summed E-state index contributed by atoms with van der Waals surface area (Å²) in [5, 5.41) is 0.360. The van der Waals surface area contributed by atoms with Crippen LogP contribution in [0.1, 0.15) is 34.6 Å². The lowest BCUT2D eigenvalue weighted by molar-refractivity contribution is -0.173. The molecule has 34 heavy (non-hydrogen) atoms. The van der Waals surface area contributed by atoms with Crippen LogP contribution >= 0.6 is 46.4 Å². The van der Waals surface area contributed by atoms with Crippen LogP contribution < -0.4 is 0 Å². The lowest BCUT2D eigenvalue weighted by Gasteiger charge is -2.24. The molecule has 0 amide bonds. The Bertz CT molecular complexity index is 1000. The largest absolute Gasteiger partial charge is 0.463 e. The Labute approximate surface area is 214 Å². The molecule has 0 bridgehead atoms. The lowest BCUT2D eigenvalue weighted by Crippen LogP contribution is -2.47. The van der Waals surface area contributed by atoms with Crippen molar-refractivity contribution in [2.45, 2.75) is 26.1 Å². The van der Waals surface area contributed by atoms with E-state index in [1.807, 2.05) is 0 Å². The zero-order valence-electron chi connectivity index (χ0n) is 17.8. The maximum Gasteiger partial charge on any atom is 0.352 e. The van der Waals surface area contributed by atoms with Gasteiger partial charge in [-0.1, -0.05) is 46.4 Å². The fourth-order valence-corrected chi connectivity index (χ4v) is 3.55. The fraction of sp³-hybridized carbons (Fsp3) is 0.273. The summed E-state index contributed by atoms with van der Waals surface area (Å²) in [4.78, 5) is 50.8. The molecule has 0 aliphatic heterocycles. The number of esters is 4. The topological polar surface area (TPSA) is 105 Å². The van der Waals surface area contributed by atoms with Crippen molar-refractivity contribution in [3.8, 4) is 0 Å². The summed E-state index contributed by atoms with van der Waals surface area (Å²) in [5.41, 5.74) is -0.315. The summed E-state index contributed by atoms with van der Waals surface area (Å²) in [5.74, 6) is -4.52. The van der Waals surface area contributed by atoms with Crippen LogP contribution in [0.25, 0.3) is 0 Å². The first-order chi connectivity index (χ1) is 16.1. The van der Waals surface area contributed by atoms with Crippen molar-refractivity contribution in [2.75, 3.05) is 13.2 Å². The molecule has 0 saturated carbocycles. The van der Waals surface area contributed by atoms with E-state index in [0.717, 1.165) is 0 Å². The minimum atomic E-state index is -2.02. The van der Waals surface area contributed by atoms with Crippen LogP contribution in [0.5, 0.6) is 0 Å². The molecule has 0 unspecified atom stereocenters. The van der Waals surface area contributed by atoms with Gasteiger partial charge in [0.15, 0.2) is 0 Å². The molecule has 2 rings (SSSR count). The number of ether oxygens (including phenoxy) is 4. The number of halogens is 4. The highest BCUT2D eigenvalue weighted by atomic mass is 35.5. The summed E-state index contributed by atoms with van der Waals surface area (Å²) >= 11 is 23.7. The number of carbonyl (C=O) groups is 4. The predicted molar refractivity (Wildman–Crippen MR) is 125 cm³/mol. The second kappa shape index (κ2) is 12.8. The highest BCUT2D eigenvalue weighted by Gasteiger charge is 2.43. The molecule has 0 saturated heterocycles. The lowest BCUT2D eigenvalue weighted by atomic mass is 10.1. The monoisotopic (exact) mass is 550 g/mol. The maximum absolute atomic E-state index is 12.7. The Morgan fingerprint density at radius 1 is 0.676 bits per heavy atom. The molecule has 8 nitrogen and oxygen atoms in total. The van der Waals surface area contributed by atoms with Crippen molar-refractivity contribution in [3.05, 3.63) is 67.6 Å². The van der Waals surface area contributed by atoms with E-state index in [4.69, 9.17) is 65.4 Å². The normalized spacial score (nSPS) is 12.3. The Morgan fingerprint density at radius 3 is 1.32 bits per heavy atom. The summed E-state index contributed by atoms with van der Waals surface area (Å²) in [6.45, 7) is 2.74. The zero-order valence-corrected chi connectivity index (χ0v) is 20.8. The van der Waals surface area contributed by atoms with Crippen molar-refractivity contribution in [1.29, 1.82) is 0 Å². The van der Waals surface area contributed by atoms with Gasteiger partial charge in [0.25, 0.3) is 0 Å². The van der Waals surface area contributed by atoms with Crippen molar-refractivity contribution < 1.29 is 38.1 Å². The van der Waals surface area contributed by atoms with E-state index in [-0.39, 0.29) is 44.4 Å². The van der Waals surface area contributed by atoms with Gasteiger partial charge in [-0.3, -0.25) is 0 Å². The van der Waals surface area contributed by atoms with Gasteiger partial charge >= 0.3 is 23.9 Å². The Hall–Kier alpha value is -2.52. The summed E-state index contributed by atoms with van der Waals surface area (Å²) < 4.78 is 20.3. The van der Waals surface area contributed by atoms with Crippen LogP contribution in [0, 0.1) is 0 Å². The van der Waals surface area contributed by atoms with Gasteiger partial charge in [-0.05, 0) is 50.2 Å². The zero-order chi connectivity index (χ0) is 25.4. The fourth-order valence-electron chi connectivity index (χ4n) is 2.58. The Balaban J connectivity index is 2.43. The first kappa shape index (κ1) is 27.7. The number of rotatable bonds is 9. The molecule has 0 heterocycles. The smallest absolute Gasteiger partial charge is 0.352 e. The minimum absolute atomic E-state index is 0.0715. The van der Waals surface area contributed by atoms with Gasteiger partial charge in [0.1, 0.15) is 0 Å². The second-order valence-corrected chi connectivity index (χ2v) is 8.09. The van der Waals surface area contributed by atoms with Crippen LogP contribution in [0.4, 0.5) is 0 Å². The van der Waals surface area contributed by atoms with Gasteiger partial charge in [-0.25, -0.2) is 19.2 Å². The number of hydrogen-bond acceptors (Lipinski definition) is 8. The molecule has 182 valence electrons. The van der Waals surface area contributed by atoms with Crippen LogP contribution in [0.15, 0.2) is 36.4 Å². The van der Waals surface area contributed by atoms with E-state index in [0.29, 0.717) is 0 Å². The number of benzene rings is 2. The van der Waals surface area contributed by atoms with E-state index >= 15 is 0 Å². The third-order valence-corrected chi connectivity index (χ3v) is 5.18. The van der Waals surface area contributed by atoms with Crippen LogP contribution in [-0.2, 0) is 28.5 Å². The van der Waals surface area contributed by atoms with Crippen molar-refractivity contribution in [1.82, 2.24) is 0 Å². The van der Waals surface area contributed by atoms with Crippen molar-refractivity contribution in [3.63, 3.8) is 0 Å². The number of carbonyl (C=O) groups excluding carboxylic acids is 4. The van der Waals surface area contributed by atoms with Crippen LogP contribution in [0.2, 0.25) is 20.1 Å². The molecular weight excluding hydrogens is 534 g/mol. The van der Waals surface area contributed by atoms with Gasteiger partial charge in [-0.2, -0.15) is 0 Å². The molecule has 0 aromatic heterocycles. The Morgan fingerprint density at radius 2 is 1.03 bits per heavy atom. The summed E-state index contributed by atoms with van der Waals surface area (Å²) in [6, 6.07) is 7.82. The van der Waals surface area contributed by atoms with E-state index < -0.39 is 36.1 Å². The van der Waals surface area contributed by atoms with E-state index in [9.17, 15) is 19.2 Å². The highest BCUT2D eigenvalue weighted by molar-refractivity contribution is 6.37. The highest BCUT2D eigenvalue weighted by Crippen LogP contribution is 2.25. The average molecular weight is 552 g/mol.